The van der Waals surface area contributed by atoms with E-state index in [1.165, 1.54) is 12.8 Å². The third kappa shape index (κ3) is 3.41. The largest absolute Gasteiger partial charge is 0.480 e. The standard InChI is InChI=1S/C14H27NO2S/c1-5-7-8-18-14(11(3)6-2)9-12(13(16)17)15(4)10-14/h11-12H,5-10H2,1-4H3,(H,16,17). The first kappa shape index (κ1) is 15.8. The first-order valence-corrected chi connectivity index (χ1v) is 8.02. The highest BCUT2D eigenvalue weighted by Gasteiger charge is 2.48. The number of rotatable bonds is 7. The molecule has 0 amide bonds. The van der Waals surface area contributed by atoms with Gasteiger partial charge >= 0.3 is 5.97 Å². The zero-order chi connectivity index (χ0) is 13.8. The Morgan fingerprint density at radius 3 is 2.67 bits per heavy atom. The minimum atomic E-state index is -0.668. The molecule has 0 aromatic rings. The van der Waals surface area contributed by atoms with Crippen LogP contribution in [0.25, 0.3) is 0 Å². The molecule has 1 aliphatic rings. The lowest BCUT2D eigenvalue weighted by atomic mass is 9.88. The van der Waals surface area contributed by atoms with Crippen molar-refractivity contribution < 1.29 is 9.90 Å². The second kappa shape index (κ2) is 6.80. The highest BCUT2D eigenvalue weighted by atomic mass is 32.2. The average molecular weight is 273 g/mol. The van der Waals surface area contributed by atoms with Gasteiger partial charge in [0.2, 0.25) is 0 Å². The van der Waals surface area contributed by atoms with Crippen LogP contribution in [0.2, 0.25) is 0 Å². The maximum atomic E-state index is 11.3. The van der Waals surface area contributed by atoms with Gasteiger partial charge in [0.05, 0.1) is 0 Å². The van der Waals surface area contributed by atoms with Crippen molar-refractivity contribution >= 4 is 17.7 Å². The van der Waals surface area contributed by atoms with Crippen molar-refractivity contribution in [1.29, 1.82) is 0 Å². The molecule has 1 saturated heterocycles. The summed E-state index contributed by atoms with van der Waals surface area (Å²) in [6, 6.07) is -0.298. The van der Waals surface area contributed by atoms with Crippen molar-refractivity contribution in [1.82, 2.24) is 4.90 Å². The van der Waals surface area contributed by atoms with Crippen LogP contribution in [0, 0.1) is 5.92 Å². The second-order valence-electron chi connectivity index (χ2n) is 5.55. The first-order chi connectivity index (χ1) is 8.46. The smallest absolute Gasteiger partial charge is 0.320 e. The normalized spacial score (nSPS) is 30.6. The van der Waals surface area contributed by atoms with Gasteiger partial charge in [0.1, 0.15) is 6.04 Å². The van der Waals surface area contributed by atoms with E-state index in [4.69, 9.17) is 0 Å². The molecule has 3 atom stereocenters. The van der Waals surface area contributed by atoms with Crippen molar-refractivity contribution in [3.8, 4) is 0 Å². The number of carbonyl (C=O) groups is 1. The number of likely N-dealkylation sites (tertiary alicyclic amines) is 1. The van der Waals surface area contributed by atoms with Gasteiger partial charge in [-0.25, -0.2) is 0 Å². The third-order valence-electron chi connectivity index (χ3n) is 4.27. The van der Waals surface area contributed by atoms with Gasteiger partial charge in [-0.3, -0.25) is 9.69 Å². The maximum absolute atomic E-state index is 11.3. The maximum Gasteiger partial charge on any atom is 0.320 e. The monoisotopic (exact) mass is 273 g/mol. The summed E-state index contributed by atoms with van der Waals surface area (Å²) in [6.07, 6.45) is 4.35. The summed E-state index contributed by atoms with van der Waals surface area (Å²) in [4.78, 5) is 13.3. The fraction of sp³-hybridized carbons (Fsp3) is 0.929. The highest BCUT2D eigenvalue weighted by molar-refractivity contribution is 8.00. The number of carboxylic acid groups (broad SMARTS) is 1. The summed E-state index contributed by atoms with van der Waals surface area (Å²) >= 11 is 2.01. The molecule has 0 spiro atoms. The molecule has 0 aromatic heterocycles. The molecule has 1 N–H and O–H groups in total. The van der Waals surface area contributed by atoms with Gasteiger partial charge < -0.3 is 5.11 Å². The quantitative estimate of drug-likeness (QED) is 0.724. The molecule has 3 nitrogen and oxygen atoms in total. The van der Waals surface area contributed by atoms with E-state index in [2.05, 4.69) is 20.8 Å². The van der Waals surface area contributed by atoms with Crippen molar-refractivity contribution in [2.75, 3.05) is 19.3 Å². The lowest BCUT2D eigenvalue weighted by Crippen LogP contribution is -2.36. The van der Waals surface area contributed by atoms with E-state index in [1.54, 1.807) is 0 Å². The fourth-order valence-corrected chi connectivity index (χ4v) is 4.61. The fourth-order valence-electron chi connectivity index (χ4n) is 2.75. The number of likely N-dealkylation sites (N-methyl/N-ethyl adjacent to an activating group) is 1. The van der Waals surface area contributed by atoms with Gasteiger partial charge in [-0.1, -0.05) is 33.6 Å². The van der Waals surface area contributed by atoms with Crippen LogP contribution < -0.4 is 0 Å². The molecule has 0 bridgehead atoms. The van der Waals surface area contributed by atoms with E-state index >= 15 is 0 Å². The third-order valence-corrected chi connectivity index (χ3v) is 6.04. The van der Waals surface area contributed by atoms with Crippen LogP contribution in [0.15, 0.2) is 0 Å². The number of hydrogen-bond acceptors (Lipinski definition) is 3. The molecule has 0 aromatic carbocycles. The molecule has 1 aliphatic heterocycles. The van der Waals surface area contributed by atoms with Gasteiger partial charge in [-0.2, -0.15) is 11.8 Å². The zero-order valence-corrected chi connectivity index (χ0v) is 12.9. The molecule has 1 heterocycles. The van der Waals surface area contributed by atoms with E-state index in [-0.39, 0.29) is 10.8 Å². The second-order valence-corrected chi connectivity index (χ2v) is 7.06. The van der Waals surface area contributed by atoms with Crippen LogP contribution in [0.5, 0.6) is 0 Å². The number of nitrogens with zero attached hydrogens (tertiary/aromatic N) is 1. The van der Waals surface area contributed by atoms with Crippen LogP contribution >= 0.6 is 11.8 Å². The van der Waals surface area contributed by atoms with Crippen molar-refractivity contribution in [3.05, 3.63) is 0 Å². The Kier molecular flexibility index (Phi) is 5.99. The highest BCUT2D eigenvalue weighted by Crippen LogP contribution is 2.45. The average Bonchev–Trinajstić information content (AvgIpc) is 2.67. The number of carboxylic acids is 1. The molecule has 0 aliphatic carbocycles. The van der Waals surface area contributed by atoms with Crippen molar-refractivity contribution in [3.63, 3.8) is 0 Å². The Morgan fingerprint density at radius 1 is 1.56 bits per heavy atom. The molecule has 0 saturated carbocycles. The summed E-state index contributed by atoms with van der Waals surface area (Å²) < 4.78 is 0.141. The van der Waals surface area contributed by atoms with Crippen LogP contribution in [-0.4, -0.2) is 46.1 Å². The SMILES string of the molecule is CCCCSC1(C(C)CC)CC(C(=O)O)N(C)C1. The minimum Gasteiger partial charge on any atom is -0.480 e. The lowest BCUT2D eigenvalue weighted by Gasteiger charge is -2.34. The number of aliphatic carboxylic acids is 1. The van der Waals surface area contributed by atoms with Crippen LogP contribution in [0.1, 0.15) is 46.5 Å². The van der Waals surface area contributed by atoms with E-state index in [0.717, 1.165) is 25.1 Å². The van der Waals surface area contributed by atoms with Crippen LogP contribution in [0.4, 0.5) is 0 Å². The molecule has 1 rings (SSSR count). The number of hydrogen-bond donors (Lipinski definition) is 1. The Hall–Kier alpha value is -0.220. The lowest BCUT2D eigenvalue weighted by molar-refractivity contribution is -0.141. The van der Waals surface area contributed by atoms with Crippen molar-refractivity contribution in [2.24, 2.45) is 5.92 Å². The van der Waals surface area contributed by atoms with Crippen molar-refractivity contribution in [2.45, 2.75) is 57.2 Å². The van der Waals surface area contributed by atoms with E-state index < -0.39 is 5.97 Å². The Labute approximate surface area is 115 Å². The number of thioether (sulfide) groups is 1. The molecule has 18 heavy (non-hydrogen) atoms. The van der Waals surface area contributed by atoms with Gasteiger partial charge in [0, 0.05) is 11.3 Å². The van der Waals surface area contributed by atoms with E-state index in [1.807, 2.05) is 23.7 Å². The molecular formula is C14H27NO2S. The molecule has 4 heteroatoms. The zero-order valence-electron chi connectivity index (χ0n) is 12.1. The van der Waals surface area contributed by atoms with Gasteiger partial charge in [0.25, 0.3) is 0 Å². The summed E-state index contributed by atoms with van der Waals surface area (Å²) in [5.74, 6) is 1.06. The molecule has 106 valence electrons. The van der Waals surface area contributed by atoms with Crippen LogP contribution in [0.3, 0.4) is 0 Å². The Balaban J connectivity index is 2.77. The summed E-state index contributed by atoms with van der Waals surface area (Å²) in [5.41, 5.74) is 0. The van der Waals surface area contributed by atoms with E-state index in [0.29, 0.717) is 5.92 Å². The Bertz CT molecular complexity index is 285. The van der Waals surface area contributed by atoms with Gasteiger partial charge in [-0.05, 0) is 31.6 Å². The Morgan fingerprint density at radius 2 is 2.22 bits per heavy atom. The van der Waals surface area contributed by atoms with Crippen LogP contribution in [-0.2, 0) is 4.79 Å². The molecule has 0 radical (unpaired) electrons. The minimum absolute atomic E-state index is 0.141. The molecule has 3 unspecified atom stereocenters. The van der Waals surface area contributed by atoms with Gasteiger partial charge in [-0.15, -0.1) is 0 Å². The molecule has 1 fully saturated rings. The predicted molar refractivity (Wildman–Crippen MR) is 78.2 cm³/mol. The predicted octanol–water partition coefficient (Wildman–Crippen LogP) is 3.09. The summed E-state index contributed by atoms with van der Waals surface area (Å²) in [7, 11) is 1.95. The first-order valence-electron chi connectivity index (χ1n) is 7.03. The van der Waals surface area contributed by atoms with Gasteiger partial charge in [0.15, 0.2) is 0 Å². The number of unbranched alkanes of at least 4 members (excludes halogenated alkanes) is 1. The summed E-state index contributed by atoms with van der Waals surface area (Å²) in [6.45, 7) is 7.60. The topological polar surface area (TPSA) is 40.5 Å². The molecular weight excluding hydrogens is 246 g/mol. The van der Waals surface area contributed by atoms with E-state index in [9.17, 15) is 9.90 Å². The summed E-state index contributed by atoms with van der Waals surface area (Å²) in [5, 5.41) is 9.29.